The molecule has 0 aliphatic carbocycles. The first-order chi connectivity index (χ1) is 10.3. The number of guanidine groups is 1. The van der Waals surface area contributed by atoms with E-state index in [2.05, 4.69) is 34.7 Å². The first-order valence-corrected chi connectivity index (χ1v) is 7.93. The van der Waals surface area contributed by atoms with Gasteiger partial charge in [-0.05, 0) is 25.6 Å². The number of nitrogens with zero attached hydrogens (tertiary/aromatic N) is 2. The SMILES string of the molecule is CCc1ccc(CNC(=NC)NCCN(C)CC(F)(F)F)s1. The maximum atomic E-state index is 12.2. The molecule has 22 heavy (non-hydrogen) atoms. The van der Waals surface area contributed by atoms with Crippen LogP contribution in [0.1, 0.15) is 16.7 Å². The van der Waals surface area contributed by atoms with Crippen LogP contribution in [0.5, 0.6) is 0 Å². The summed E-state index contributed by atoms with van der Waals surface area (Å²) in [5.74, 6) is 0.590. The van der Waals surface area contributed by atoms with Gasteiger partial charge in [-0.15, -0.1) is 11.3 Å². The Morgan fingerprint density at radius 1 is 1.27 bits per heavy atom. The minimum Gasteiger partial charge on any atom is -0.355 e. The van der Waals surface area contributed by atoms with Crippen molar-refractivity contribution in [2.75, 3.05) is 33.7 Å². The van der Waals surface area contributed by atoms with Crippen LogP contribution in [0.3, 0.4) is 0 Å². The normalized spacial score (nSPS) is 12.8. The molecule has 0 spiro atoms. The van der Waals surface area contributed by atoms with Gasteiger partial charge in [0.1, 0.15) is 0 Å². The number of aliphatic imine (C=N–C) groups is 1. The summed E-state index contributed by atoms with van der Waals surface area (Å²) in [7, 11) is 3.09. The Morgan fingerprint density at radius 3 is 2.50 bits per heavy atom. The summed E-state index contributed by atoms with van der Waals surface area (Å²) in [6, 6.07) is 4.17. The molecule has 0 aliphatic heterocycles. The number of halogens is 3. The molecule has 1 aromatic heterocycles. The van der Waals surface area contributed by atoms with Gasteiger partial charge in [0.25, 0.3) is 0 Å². The summed E-state index contributed by atoms with van der Waals surface area (Å²) in [6.45, 7) is 2.55. The predicted molar refractivity (Wildman–Crippen MR) is 85.5 cm³/mol. The van der Waals surface area contributed by atoms with E-state index in [1.165, 1.54) is 21.7 Å². The quantitative estimate of drug-likeness (QED) is 0.594. The van der Waals surface area contributed by atoms with E-state index in [1.807, 2.05) is 0 Å². The fourth-order valence-electron chi connectivity index (χ4n) is 1.85. The van der Waals surface area contributed by atoms with Crippen LogP contribution < -0.4 is 10.6 Å². The molecule has 0 saturated heterocycles. The minimum absolute atomic E-state index is 0.291. The van der Waals surface area contributed by atoms with Crippen molar-refractivity contribution in [3.8, 4) is 0 Å². The van der Waals surface area contributed by atoms with Crippen molar-refractivity contribution in [2.24, 2.45) is 4.99 Å². The van der Waals surface area contributed by atoms with Crippen molar-refractivity contribution in [1.29, 1.82) is 0 Å². The van der Waals surface area contributed by atoms with Gasteiger partial charge >= 0.3 is 6.18 Å². The second-order valence-electron chi connectivity index (χ2n) is 4.93. The van der Waals surface area contributed by atoms with E-state index in [9.17, 15) is 13.2 Å². The fraction of sp³-hybridized carbons (Fsp3) is 0.643. The van der Waals surface area contributed by atoms with Crippen LogP contribution in [-0.4, -0.2) is 50.8 Å². The van der Waals surface area contributed by atoms with Gasteiger partial charge in [-0.25, -0.2) is 0 Å². The second-order valence-corrected chi connectivity index (χ2v) is 6.18. The molecule has 1 rings (SSSR count). The van der Waals surface area contributed by atoms with Gasteiger partial charge in [0.05, 0.1) is 13.1 Å². The van der Waals surface area contributed by atoms with Crippen molar-refractivity contribution in [1.82, 2.24) is 15.5 Å². The lowest BCUT2D eigenvalue weighted by atomic mass is 10.4. The Bertz CT molecular complexity index is 471. The molecular weight excluding hydrogens is 313 g/mol. The monoisotopic (exact) mass is 336 g/mol. The Kier molecular flexibility index (Phi) is 7.67. The van der Waals surface area contributed by atoms with Gasteiger partial charge in [-0.2, -0.15) is 13.2 Å². The lowest BCUT2D eigenvalue weighted by Crippen LogP contribution is -2.42. The molecule has 1 aromatic rings. The van der Waals surface area contributed by atoms with Gasteiger partial charge in [0.15, 0.2) is 5.96 Å². The lowest BCUT2D eigenvalue weighted by molar-refractivity contribution is -0.142. The van der Waals surface area contributed by atoms with Gasteiger partial charge in [0.2, 0.25) is 0 Å². The lowest BCUT2D eigenvalue weighted by Gasteiger charge is -2.19. The Morgan fingerprint density at radius 2 is 1.95 bits per heavy atom. The van der Waals surface area contributed by atoms with Crippen LogP contribution in [0.15, 0.2) is 17.1 Å². The first-order valence-electron chi connectivity index (χ1n) is 7.11. The average Bonchev–Trinajstić information content (AvgIpc) is 2.88. The third-order valence-electron chi connectivity index (χ3n) is 2.95. The van der Waals surface area contributed by atoms with Gasteiger partial charge in [0, 0.05) is 29.9 Å². The fourth-order valence-corrected chi connectivity index (χ4v) is 2.75. The highest BCUT2D eigenvalue weighted by Gasteiger charge is 2.28. The molecule has 0 amide bonds. The highest BCUT2D eigenvalue weighted by Crippen LogP contribution is 2.16. The van der Waals surface area contributed by atoms with E-state index < -0.39 is 12.7 Å². The number of nitrogens with one attached hydrogen (secondary N) is 2. The van der Waals surface area contributed by atoms with E-state index in [-0.39, 0.29) is 0 Å². The standard InChI is InChI=1S/C14H23F3N4S/c1-4-11-5-6-12(22-11)9-20-13(18-2)19-7-8-21(3)10-14(15,16)17/h5-6H,4,7-10H2,1-3H3,(H2,18,19,20). The summed E-state index contributed by atoms with van der Waals surface area (Å²) in [6.07, 6.45) is -3.14. The zero-order valence-electron chi connectivity index (χ0n) is 13.1. The molecule has 126 valence electrons. The van der Waals surface area contributed by atoms with Crippen molar-refractivity contribution < 1.29 is 13.2 Å². The Balaban J connectivity index is 2.28. The van der Waals surface area contributed by atoms with E-state index in [0.29, 0.717) is 25.6 Å². The molecule has 2 N–H and O–H groups in total. The molecular formula is C14H23F3N4S. The first kappa shape index (κ1) is 18.8. The van der Waals surface area contributed by atoms with Crippen molar-refractivity contribution >= 4 is 17.3 Å². The number of hydrogen-bond donors (Lipinski definition) is 2. The smallest absolute Gasteiger partial charge is 0.355 e. The molecule has 0 unspecified atom stereocenters. The molecule has 0 aliphatic rings. The Hall–Kier alpha value is -1.28. The van der Waals surface area contributed by atoms with Gasteiger partial charge < -0.3 is 10.6 Å². The van der Waals surface area contributed by atoms with Gasteiger partial charge in [-0.1, -0.05) is 6.92 Å². The van der Waals surface area contributed by atoms with E-state index in [4.69, 9.17) is 0 Å². The van der Waals surface area contributed by atoms with Crippen molar-refractivity contribution in [2.45, 2.75) is 26.1 Å². The maximum Gasteiger partial charge on any atom is 0.401 e. The Labute approximate surface area is 133 Å². The van der Waals surface area contributed by atoms with E-state index in [1.54, 1.807) is 18.4 Å². The van der Waals surface area contributed by atoms with Crippen molar-refractivity contribution in [3.63, 3.8) is 0 Å². The molecule has 0 radical (unpaired) electrons. The highest BCUT2D eigenvalue weighted by molar-refractivity contribution is 7.11. The molecule has 0 bridgehead atoms. The topological polar surface area (TPSA) is 39.7 Å². The zero-order valence-corrected chi connectivity index (χ0v) is 13.9. The van der Waals surface area contributed by atoms with Gasteiger partial charge in [-0.3, -0.25) is 9.89 Å². The summed E-state index contributed by atoms with van der Waals surface area (Å²) in [5.41, 5.74) is 0. The zero-order chi connectivity index (χ0) is 16.6. The van der Waals surface area contributed by atoms with Crippen LogP contribution in [-0.2, 0) is 13.0 Å². The van der Waals surface area contributed by atoms with E-state index >= 15 is 0 Å². The van der Waals surface area contributed by atoms with Crippen LogP contribution in [0.2, 0.25) is 0 Å². The number of hydrogen-bond acceptors (Lipinski definition) is 3. The molecule has 0 aromatic carbocycles. The molecule has 0 saturated carbocycles. The number of rotatable bonds is 7. The van der Waals surface area contributed by atoms with Crippen LogP contribution >= 0.6 is 11.3 Å². The molecule has 8 heteroatoms. The number of aryl methyl sites for hydroxylation is 1. The summed E-state index contributed by atoms with van der Waals surface area (Å²) >= 11 is 1.74. The number of alkyl halides is 3. The maximum absolute atomic E-state index is 12.2. The third-order valence-corrected chi connectivity index (χ3v) is 4.18. The summed E-state index contributed by atoms with van der Waals surface area (Å²) < 4.78 is 36.6. The second kappa shape index (κ2) is 8.99. The summed E-state index contributed by atoms with van der Waals surface area (Å²) in [5, 5.41) is 6.17. The number of thiophene rings is 1. The third kappa shape index (κ3) is 7.65. The van der Waals surface area contributed by atoms with Crippen LogP contribution in [0, 0.1) is 0 Å². The minimum atomic E-state index is -4.16. The van der Waals surface area contributed by atoms with Crippen LogP contribution in [0.25, 0.3) is 0 Å². The molecule has 0 atom stereocenters. The van der Waals surface area contributed by atoms with Crippen LogP contribution in [0.4, 0.5) is 13.2 Å². The molecule has 4 nitrogen and oxygen atoms in total. The molecule has 0 fully saturated rings. The highest BCUT2D eigenvalue weighted by atomic mass is 32.1. The average molecular weight is 336 g/mol. The summed E-state index contributed by atoms with van der Waals surface area (Å²) in [4.78, 5) is 7.82. The largest absolute Gasteiger partial charge is 0.401 e. The van der Waals surface area contributed by atoms with Crippen molar-refractivity contribution in [3.05, 3.63) is 21.9 Å². The number of likely N-dealkylation sites (N-methyl/N-ethyl adjacent to an activating group) is 1. The molecule has 1 heterocycles. The predicted octanol–water partition coefficient (Wildman–Crippen LogP) is 2.47. The van der Waals surface area contributed by atoms with E-state index in [0.717, 1.165) is 6.42 Å².